The Morgan fingerprint density at radius 1 is 1.03 bits per heavy atom. The van der Waals surface area contributed by atoms with Crippen molar-refractivity contribution in [1.82, 2.24) is 4.90 Å². The van der Waals surface area contributed by atoms with Crippen LogP contribution >= 0.6 is 11.8 Å². The van der Waals surface area contributed by atoms with Gasteiger partial charge in [-0.05, 0) is 41.3 Å². The number of amides is 1. The SMILES string of the molecule is COc1cccc(OCCCOc2ccc(/C=C3/C(=N)N4C=CSC4=NC3=O)cc2OC)c1. The van der Waals surface area contributed by atoms with Gasteiger partial charge in [0.2, 0.25) is 0 Å². The molecule has 4 rings (SSSR count). The van der Waals surface area contributed by atoms with Crippen LogP contribution < -0.4 is 18.9 Å². The lowest BCUT2D eigenvalue weighted by Gasteiger charge is -2.22. The Kier molecular flexibility index (Phi) is 6.99. The van der Waals surface area contributed by atoms with Crippen molar-refractivity contribution in [2.24, 2.45) is 4.99 Å². The maximum atomic E-state index is 12.4. The number of hydrogen-bond acceptors (Lipinski definition) is 7. The van der Waals surface area contributed by atoms with Gasteiger partial charge in [-0.1, -0.05) is 23.9 Å². The molecular formula is C24H23N3O5S. The van der Waals surface area contributed by atoms with Crippen molar-refractivity contribution in [1.29, 1.82) is 5.41 Å². The van der Waals surface area contributed by atoms with Gasteiger partial charge in [0.1, 0.15) is 17.3 Å². The summed E-state index contributed by atoms with van der Waals surface area (Å²) >= 11 is 1.32. The summed E-state index contributed by atoms with van der Waals surface area (Å²) in [4.78, 5) is 18.0. The molecule has 2 aromatic rings. The molecule has 0 unspecified atom stereocenters. The first-order chi connectivity index (χ1) is 16.1. The fraction of sp³-hybridized carbons (Fsp3) is 0.208. The van der Waals surface area contributed by atoms with Crippen LogP contribution in [0, 0.1) is 5.41 Å². The number of amidine groups is 2. The minimum Gasteiger partial charge on any atom is -0.497 e. The van der Waals surface area contributed by atoms with Crippen LogP contribution in [0.3, 0.4) is 0 Å². The van der Waals surface area contributed by atoms with Gasteiger partial charge < -0.3 is 18.9 Å². The lowest BCUT2D eigenvalue weighted by atomic mass is 10.1. The average Bonchev–Trinajstić information content (AvgIpc) is 3.30. The zero-order valence-electron chi connectivity index (χ0n) is 18.2. The lowest BCUT2D eigenvalue weighted by molar-refractivity contribution is -0.114. The Balaban J connectivity index is 1.36. The van der Waals surface area contributed by atoms with Crippen LogP contribution in [-0.2, 0) is 4.79 Å². The number of methoxy groups -OCH3 is 2. The molecule has 33 heavy (non-hydrogen) atoms. The molecular weight excluding hydrogens is 442 g/mol. The predicted octanol–water partition coefficient (Wildman–Crippen LogP) is 4.33. The van der Waals surface area contributed by atoms with Gasteiger partial charge in [-0.25, -0.2) is 0 Å². The van der Waals surface area contributed by atoms with E-state index in [1.54, 1.807) is 48.9 Å². The van der Waals surface area contributed by atoms with Crippen molar-refractivity contribution in [3.63, 3.8) is 0 Å². The van der Waals surface area contributed by atoms with Crippen molar-refractivity contribution in [2.75, 3.05) is 27.4 Å². The van der Waals surface area contributed by atoms with Crippen molar-refractivity contribution >= 4 is 34.7 Å². The number of thioether (sulfide) groups is 1. The Morgan fingerprint density at radius 2 is 1.85 bits per heavy atom. The quantitative estimate of drug-likeness (QED) is 0.435. The highest BCUT2D eigenvalue weighted by Gasteiger charge is 2.31. The highest BCUT2D eigenvalue weighted by Crippen LogP contribution is 2.31. The number of nitrogens with one attached hydrogen (secondary N) is 1. The molecule has 170 valence electrons. The Hall–Kier alpha value is -3.72. The first-order valence-electron chi connectivity index (χ1n) is 10.2. The van der Waals surface area contributed by atoms with Crippen LogP contribution in [0.5, 0.6) is 23.0 Å². The van der Waals surface area contributed by atoms with Crippen molar-refractivity contribution in [3.05, 3.63) is 65.2 Å². The van der Waals surface area contributed by atoms with E-state index >= 15 is 0 Å². The summed E-state index contributed by atoms with van der Waals surface area (Å²) in [6.45, 7) is 0.940. The highest BCUT2D eigenvalue weighted by atomic mass is 32.2. The van der Waals surface area contributed by atoms with Gasteiger partial charge >= 0.3 is 0 Å². The molecule has 2 heterocycles. The van der Waals surface area contributed by atoms with Gasteiger partial charge in [0.15, 0.2) is 16.7 Å². The van der Waals surface area contributed by atoms with Crippen molar-refractivity contribution in [2.45, 2.75) is 6.42 Å². The second-order valence-corrected chi connectivity index (χ2v) is 7.89. The molecule has 8 nitrogen and oxygen atoms in total. The Labute approximate surface area is 196 Å². The first kappa shape index (κ1) is 22.5. The van der Waals surface area contributed by atoms with Crippen LogP contribution in [0.1, 0.15) is 12.0 Å². The highest BCUT2D eigenvalue weighted by molar-refractivity contribution is 8.16. The number of carbonyl (C=O) groups excluding carboxylic acids is 1. The molecule has 0 atom stereocenters. The lowest BCUT2D eigenvalue weighted by Crippen LogP contribution is -2.35. The zero-order valence-corrected chi connectivity index (χ0v) is 19.1. The molecule has 9 heteroatoms. The van der Waals surface area contributed by atoms with Gasteiger partial charge in [0, 0.05) is 18.7 Å². The summed E-state index contributed by atoms with van der Waals surface area (Å²) in [6, 6.07) is 12.8. The number of fused-ring (bicyclic) bond motifs is 1. The van der Waals surface area contributed by atoms with Crippen LogP contribution in [-0.4, -0.2) is 49.2 Å². The minimum absolute atomic E-state index is 0.0987. The molecule has 1 amide bonds. The largest absolute Gasteiger partial charge is 0.497 e. The minimum atomic E-state index is -0.433. The Bertz CT molecular complexity index is 1160. The smallest absolute Gasteiger partial charge is 0.283 e. The van der Waals surface area contributed by atoms with Crippen molar-refractivity contribution < 1.29 is 23.7 Å². The van der Waals surface area contributed by atoms with E-state index in [4.69, 9.17) is 24.4 Å². The van der Waals surface area contributed by atoms with Crippen LogP contribution in [0.15, 0.2) is 64.6 Å². The molecule has 2 aliphatic heterocycles. The van der Waals surface area contributed by atoms with Crippen LogP contribution in [0.4, 0.5) is 0 Å². The third-order valence-electron chi connectivity index (χ3n) is 4.87. The number of nitrogens with zero attached hydrogens (tertiary/aromatic N) is 2. The summed E-state index contributed by atoms with van der Waals surface area (Å²) in [7, 11) is 3.18. The number of carbonyl (C=O) groups is 1. The molecule has 0 saturated heterocycles. The number of rotatable bonds is 9. The topological polar surface area (TPSA) is 93.4 Å². The first-order valence-corrected chi connectivity index (χ1v) is 11.1. The summed E-state index contributed by atoms with van der Waals surface area (Å²) in [5, 5.41) is 10.6. The average molecular weight is 466 g/mol. The molecule has 0 aromatic heterocycles. The summed E-state index contributed by atoms with van der Waals surface area (Å²) in [5.74, 6) is 2.28. The standard InChI is InChI=1S/C24H23N3O5S/c1-29-17-5-3-6-18(15-17)31-10-4-11-32-20-8-7-16(14-21(20)30-2)13-19-22(25)27-9-12-33-24(27)26-23(19)28/h3,5-9,12-15,25H,4,10-11H2,1-2H3/b19-13-,25-22?. The second kappa shape index (κ2) is 10.3. The normalized spacial score (nSPS) is 16.0. The van der Waals surface area contributed by atoms with Gasteiger partial charge in [-0.15, -0.1) is 0 Å². The van der Waals surface area contributed by atoms with E-state index in [1.807, 2.05) is 30.3 Å². The van der Waals surface area contributed by atoms with Crippen molar-refractivity contribution in [3.8, 4) is 23.0 Å². The molecule has 0 bridgehead atoms. The third kappa shape index (κ3) is 5.20. The fourth-order valence-corrected chi connectivity index (χ4v) is 3.92. The van der Waals surface area contributed by atoms with Gasteiger partial charge in [-0.3, -0.25) is 15.1 Å². The van der Waals surface area contributed by atoms with E-state index in [2.05, 4.69) is 4.99 Å². The maximum absolute atomic E-state index is 12.4. The summed E-state index contributed by atoms with van der Waals surface area (Å²) < 4.78 is 22.2. The molecule has 2 aliphatic rings. The van der Waals surface area contributed by atoms with E-state index in [-0.39, 0.29) is 11.4 Å². The molecule has 0 fully saturated rings. The molecule has 0 aliphatic carbocycles. The predicted molar refractivity (Wildman–Crippen MR) is 128 cm³/mol. The van der Waals surface area contributed by atoms with E-state index < -0.39 is 5.91 Å². The number of ether oxygens (including phenoxy) is 4. The molecule has 0 spiro atoms. The fourth-order valence-electron chi connectivity index (χ4n) is 3.21. The number of hydrogen-bond donors (Lipinski definition) is 1. The second-order valence-electron chi connectivity index (χ2n) is 7.02. The van der Waals surface area contributed by atoms with E-state index in [9.17, 15) is 4.79 Å². The summed E-state index contributed by atoms with van der Waals surface area (Å²) in [6.07, 6.45) is 4.04. The molecule has 2 aromatic carbocycles. The van der Waals surface area contributed by atoms with E-state index in [0.717, 1.165) is 11.5 Å². The molecule has 0 saturated carbocycles. The number of aliphatic imine (C=N–C) groups is 1. The van der Waals surface area contributed by atoms with Crippen LogP contribution in [0.25, 0.3) is 6.08 Å². The third-order valence-corrected chi connectivity index (χ3v) is 5.62. The summed E-state index contributed by atoms with van der Waals surface area (Å²) in [5.41, 5.74) is 0.930. The molecule has 0 radical (unpaired) electrons. The van der Waals surface area contributed by atoms with E-state index in [1.165, 1.54) is 11.8 Å². The molecule has 1 N–H and O–H groups in total. The van der Waals surface area contributed by atoms with Gasteiger partial charge in [-0.2, -0.15) is 4.99 Å². The zero-order chi connectivity index (χ0) is 23.2. The monoisotopic (exact) mass is 465 g/mol. The van der Waals surface area contributed by atoms with Gasteiger partial charge in [0.25, 0.3) is 5.91 Å². The van der Waals surface area contributed by atoms with E-state index in [0.29, 0.717) is 41.9 Å². The van der Waals surface area contributed by atoms with Gasteiger partial charge in [0.05, 0.1) is 33.0 Å². The Morgan fingerprint density at radius 3 is 2.67 bits per heavy atom. The van der Waals surface area contributed by atoms with Crippen LogP contribution in [0.2, 0.25) is 0 Å². The number of benzene rings is 2. The maximum Gasteiger partial charge on any atom is 0.283 e.